The number of halogens is 3. The van der Waals surface area contributed by atoms with E-state index in [9.17, 15) is 18.0 Å². The Kier molecular flexibility index (Phi) is 6.28. The van der Waals surface area contributed by atoms with E-state index < -0.39 is 23.8 Å². The average Bonchev–Trinajstić information content (AvgIpc) is 3.07. The Morgan fingerprint density at radius 2 is 2.00 bits per heavy atom. The molecule has 1 fully saturated rings. The van der Waals surface area contributed by atoms with Gasteiger partial charge >= 0.3 is 6.01 Å². The van der Waals surface area contributed by atoms with Crippen LogP contribution < -0.4 is 4.74 Å². The number of carbonyl (C=O) groups excluding carboxylic acids is 1. The molecule has 28 heavy (non-hydrogen) atoms. The highest BCUT2D eigenvalue weighted by Gasteiger charge is 2.37. The first kappa shape index (κ1) is 19.9. The number of likely N-dealkylation sites (tertiary alicyclic amines) is 1. The second-order valence-corrected chi connectivity index (χ2v) is 6.60. The monoisotopic (exact) mass is 391 g/mol. The minimum absolute atomic E-state index is 0.0427. The van der Waals surface area contributed by atoms with Crippen LogP contribution in [-0.4, -0.2) is 40.1 Å². The van der Waals surface area contributed by atoms with Crippen molar-refractivity contribution >= 4 is 5.91 Å². The van der Waals surface area contributed by atoms with Crippen molar-refractivity contribution in [2.45, 2.75) is 31.5 Å². The predicted octanol–water partition coefficient (Wildman–Crippen LogP) is 3.78. The third kappa shape index (κ3) is 4.88. The van der Waals surface area contributed by atoms with E-state index in [-0.39, 0.29) is 31.5 Å². The second kappa shape index (κ2) is 8.86. The number of hydrogen-bond donors (Lipinski definition) is 0. The van der Waals surface area contributed by atoms with Gasteiger partial charge in [-0.05, 0) is 30.5 Å². The van der Waals surface area contributed by atoms with Gasteiger partial charge < -0.3 is 9.64 Å². The molecule has 2 atom stereocenters. The summed E-state index contributed by atoms with van der Waals surface area (Å²) < 4.78 is 45.5. The molecule has 1 aromatic carbocycles. The van der Waals surface area contributed by atoms with Crippen LogP contribution in [0.1, 0.15) is 30.9 Å². The molecule has 1 amide bonds. The maximum absolute atomic E-state index is 14.0. The fourth-order valence-electron chi connectivity index (χ4n) is 3.17. The molecule has 1 aliphatic rings. The molecule has 2 unspecified atom stereocenters. The zero-order chi connectivity index (χ0) is 20.1. The van der Waals surface area contributed by atoms with Crippen molar-refractivity contribution < 1.29 is 22.7 Å². The van der Waals surface area contributed by atoms with E-state index in [0.29, 0.717) is 24.0 Å². The maximum atomic E-state index is 14.0. The van der Waals surface area contributed by atoms with Gasteiger partial charge in [-0.15, -0.1) is 0 Å². The fourth-order valence-corrected chi connectivity index (χ4v) is 3.17. The molecule has 148 valence electrons. The summed E-state index contributed by atoms with van der Waals surface area (Å²) in [5.74, 6) is -1.34. The van der Waals surface area contributed by atoms with Gasteiger partial charge in [-0.2, -0.15) is 0 Å². The third-order valence-electron chi connectivity index (χ3n) is 4.50. The summed E-state index contributed by atoms with van der Waals surface area (Å²) in [5.41, 5.74) is 0.886. The molecule has 8 heteroatoms. The van der Waals surface area contributed by atoms with E-state index in [4.69, 9.17) is 4.74 Å². The minimum atomic E-state index is -1.16. The number of carbonyl (C=O) groups is 1. The van der Waals surface area contributed by atoms with Gasteiger partial charge in [0.1, 0.15) is 12.0 Å². The summed E-state index contributed by atoms with van der Waals surface area (Å²) in [6.07, 6.45) is 1.76. The Morgan fingerprint density at radius 3 is 2.71 bits per heavy atom. The van der Waals surface area contributed by atoms with Gasteiger partial charge in [-0.3, -0.25) is 4.79 Å². The lowest BCUT2D eigenvalue weighted by molar-refractivity contribution is -0.128. The van der Waals surface area contributed by atoms with Gasteiger partial charge in [0, 0.05) is 12.0 Å². The SMILES string of the molecule is C=C(CCCOc1ncc(F)cn1)C(=O)N1CC(F)CC1c1cccc(F)c1. The molecule has 0 bridgehead atoms. The van der Waals surface area contributed by atoms with Crippen molar-refractivity contribution in [3.05, 3.63) is 66.0 Å². The van der Waals surface area contributed by atoms with E-state index in [2.05, 4.69) is 16.5 Å². The number of benzene rings is 1. The number of nitrogens with zero attached hydrogens (tertiary/aromatic N) is 3. The summed E-state index contributed by atoms with van der Waals surface area (Å²) in [4.78, 5) is 21.5. The van der Waals surface area contributed by atoms with Gasteiger partial charge in [0.25, 0.3) is 0 Å². The second-order valence-electron chi connectivity index (χ2n) is 6.60. The summed E-state index contributed by atoms with van der Waals surface area (Å²) in [5, 5.41) is 0. The van der Waals surface area contributed by atoms with Crippen LogP contribution in [-0.2, 0) is 4.79 Å². The third-order valence-corrected chi connectivity index (χ3v) is 4.50. The van der Waals surface area contributed by atoms with Gasteiger partial charge in [-0.1, -0.05) is 18.7 Å². The van der Waals surface area contributed by atoms with Crippen LogP contribution >= 0.6 is 0 Å². The Labute approximate surface area is 160 Å². The van der Waals surface area contributed by atoms with E-state index in [1.807, 2.05) is 0 Å². The van der Waals surface area contributed by atoms with Crippen molar-refractivity contribution in [1.29, 1.82) is 0 Å². The van der Waals surface area contributed by atoms with Crippen molar-refractivity contribution in [2.75, 3.05) is 13.2 Å². The minimum Gasteiger partial charge on any atom is -0.463 e. The molecule has 3 rings (SSSR count). The zero-order valence-corrected chi connectivity index (χ0v) is 15.2. The largest absolute Gasteiger partial charge is 0.463 e. The van der Waals surface area contributed by atoms with Gasteiger partial charge in [0.05, 0.1) is 31.6 Å². The maximum Gasteiger partial charge on any atom is 0.316 e. The molecule has 2 aromatic rings. The molecule has 5 nitrogen and oxygen atoms in total. The number of hydrogen-bond acceptors (Lipinski definition) is 4. The van der Waals surface area contributed by atoms with E-state index >= 15 is 0 Å². The summed E-state index contributed by atoms with van der Waals surface area (Å²) >= 11 is 0. The first-order chi connectivity index (χ1) is 13.4. The van der Waals surface area contributed by atoms with E-state index in [0.717, 1.165) is 12.4 Å². The molecule has 0 spiro atoms. The van der Waals surface area contributed by atoms with E-state index in [1.165, 1.54) is 17.0 Å². The average molecular weight is 391 g/mol. The first-order valence-corrected chi connectivity index (χ1v) is 8.92. The molecule has 1 aromatic heterocycles. The molecule has 2 heterocycles. The van der Waals surface area contributed by atoms with Crippen LogP contribution in [0, 0.1) is 11.6 Å². The van der Waals surface area contributed by atoms with Gasteiger partial charge in [-0.25, -0.2) is 23.1 Å². The smallest absolute Gasteiger partial charge is 0.316 e. The van der Waals surface area contributed by atoms with Gasteiger partial charge in [0.15, 0.2) is 5.82 Å². The Balaban J connectivity index is 1.54. The zero-order valence-electron chi connectivity index (χ0n) is 15.2. The van der Waals surface area contributed by atoms with Crippen molar-refractivity contribution in [2.24, 2.45) is 0 Å². The Morgan fingerprint density at radius 1 is 1.25 bits per heavy atom. The van der Waals surface area contributed by atoms with Gasteiger partial charge in [0.2, 0.25) is 5.91 Å². The lowest BCUT2D eigenvalue weighted by Gasteiger charge is -2.25. The number of alkyl halides is 1. The Hall–Kier alpha value is -2.90. The normalized spacial score (nSPS) is 18.9. The highest BCUT2D eigenvalue weighted by atomic mass is 19.1. The van der Waals surface area contributed by atoms with Crippen LogP contribution in [0.5, 0.6) is 6.01 Å². The number of amides is 1. The lowest BCUT2D eigenvalue weighted by atomic mass is 10.0. The molecule has 0 radical (unpaired) electrons. The highest BCUT2D eigenvalue weighted by molar-refractivity contribution is 5.93. The molecule has 1 saturated heterocycles. The number of ether oxygens (including phenoxy) is 1. The topological polar surface area (TPSA) is 55.3 Å². The van der Waals surface area contributed by atoms with Crippen molar-refractivity contribution in [3.8, 4) is 6.01 Å². The number of rotatable bonds is 7. The lowest BCUT2D eigenvalue weighted by Crippen LogP contribution is -2.32. The molecular weight excluding hydrogens is 371 g/mol. The molecular formula is C20H20F3N3O2. The number of aromatic nitrogens is 2. The molecule has 1 aliphatic heterocycles. The predicted molar refractivity (Wildman–Crippen MR) is 96.2 cm³/mol. The van der Waals surface area contributed by atoms with Crippen molar-refractivity contribution in [1.82, 2.24) is 14.9 Å². The standard InChI is InChI=1S/C20H20F3N3O2/c1-13(4-3-7-28-20-24-10-17(23)11-25-20)19(27)26-12-16(22)9-18(26)14-5-2-6-15(21)8-14/h2,5-6,8,10-11,16,18H,1,3-4,7,9,12H2. The van der Waals surface area contributed by atoms with Crippen LogP contribution in [0.4, 0.5) is 13.2 Å². The quantitative estimate of drug-likeness (QED) is 0.532. The molecule has 0 saturated carbocycles. The van der Waals surface area contributed by atoms with Crippen LogP contribution in [0.2, 0.25) is 0 Å². The van der Waals surface area contributed by atoms with Crippen LogP contribution in [0.3, 0.4) is 0 Å². The van der Waals surface area contributed by atoms with Crippen LogP contribution in [0.25, 0.3) is 0 Å². The highest BCUT2D eigenvalue weighted by Crippen LogP contribution is 2.35. The summed E-state index contributed by atoms with van der Waals surface area (Å²) in [6.45, 7) is 3.98. The molecule has 0 N–H and O–H groups in total. The van der Waals surface area contributed by atoms with Crippen LogP contribution in [0.15, 0.2) is 48.8 Å². The van der Waals surface area contributed by atoms with E-state index in [1.54, 1.807) is 12.1 Å². The Bertz CT molecular complexity index is 845. The fraction of sp³-hybridized carbons (Fsp3) is 0.350. The summed E-state index contributed by atoms with van der Waals surface area (Å²) in [6, 6.07) is 5.39. The molecule has 0 aliphatic carbocycles. The summed E-state index contributed by atoms with van der Waals surface area (Å²) in [7, 11) is 0. The van der Waals surface area contributed by atoms with Crippen molar-refractivity contribution in [3.63, 3.8) is 0 Å². The first-order valence-electron chi connectivity index (χ1n) is 8.92.